The third kappa shape index (κ3) is 4.80. The highest BCUT2D eigenvalue weighted by atomic mass is 19.1. The van der Waals surface area contributed by atoms with E-state index in [4.69, 9.17) is 4.74 Å². The number of benzene rings is 2. The Morgan fingerprint density at radius 2 is 1.85 bits per heavy atom. The van der Waals surface area contributed by atoms with Crippen LogP contribution in [-0.2, 0) is 6.54 Å². The third-order valence-corrected chi connectivity index (χ3v) is 4.15. The molecule has 0 aliphatic rings. The number of aromatic nitrogens is 2. The number of aryl methyl sites for hydroxylation is 2. The van der Waals surface area contributed by atoms with Crippen LogP contribution in [0.5, 0.6) is 5.75 Å². The molecule has 1 N–H and O–H groups in total. The van der Waals surface area contributed by atoms with E-state index >= 15 is 0 Å². The fourth-order valence-corrected chi connectivity index (χ4v) is 2.75. The van der Waals surface area contributed by atoms with Gasteiger partial charge >= 0.3 is 0 Å². The first-order valence-electron chi connectivity index (χ1n) is 8.64. The molecule has 0 spiro atoms. The Morgan fingerprint density at radius 1 is 1.11 bits per heavy atom. The zero-order valence-electron chi connectivity index (χ0n) is 15.2. The van der Waals surface area contributed by atoms with Crippen LogP contribution in [0.4, 0.5) is 4.39 Å². The van der Waals surface area contributed by atoms with Crippen molar-refractivity contribution >= 4 is 0 Å². The van der Waals surface area contributed by atoms with Crippen molar-refractivity contribution in [2.45, 2.75) is 26.5 Å². The van der Waals surface area contributed by atoms with Gasteiger partial charge in [-0.25, -0.2) is 9.07 Å². The largest absolute Gasteiger partial charge is 0.491 e. The van der Waals surface area contributed by atoms with Gasteiger partial charge in [0.2, 0.25) is 0 Å². The lowest BCUT2D eigenvalue weighted by atomic mass is 10.1. The maximum absolute atomic E-state index is 13.1. The molecule has 3 aromatic rings. The van der Waals surface area contributed by atoms with E-state index in [1.54, 1.807) is 18.2 Å². The molecule has 1 atom stereocenters. The lowest BCUT2D eigenvalue weighted by molar-refractivity contribution is 0.0877. The van der Waals surface area contributed by atoms with Gasteiger partial charge in [0.25, 0.3) is 5.56 Å². The summed E-state index contributed by atoms with van der Waals surface area (Å²) in [6.07, 6.45) is -0.903. The molecular weight excluding hydrogens is 347 g/mol. The summed E-state index contributed by atoms with van der Waals surface area (Å²) < 4.78 is 19.9. The molecule has 0 amide bonds. The summed E-state index contributed by atoms with van der Waals surface area (Å²) in [5.74, 6) is 0.353. The van der Waals surface area contributed by atoms with Crippen LogP contribution in [0.3, 0.4) is 0 Å². The Bertz CT molecular complexity index is 983. The van der Waals surface area contributed by atoms with Gasteiger partial charge in [0.15, 0.2) is 0 Å². The fourth-order valence-electron chi connectivity index (χ4n) is 2.75. The molecule has 0 fully saturated rings. The van der Waals surface area contributed by atoms with E-state index in [0.717, 1.165) is 11.1 Å². The zero-order chi connectivity index (χ0) is 19.4. The monoisotopic (exact) mass is 368 g/mol. The van der Waals surface area contributed by atoms with Crippen molar-refractivity contribution in [2.24, 2.45) is 0 Å². The minimum atomic E-state index is -0.903. The van der Waals surface area contributed by atoms with Crippen molar-refractivity contribution in [3.05, 3.63) is 81.9 Å². The van der Waals surface area contributed by atoms with Crippen LogP contribution >= 0.6 is 0 Å². The van der Waals surface area contributed by atoms with Crippen LogP contribution in [0.2, 0.25) is 0 Å². The first-order chi connectivity index (χ1) is 12.9. The van der Waals surface area contributed by atoms with E-state index in [1.165, 1.54) is 22.9 Å². The van der Waals surface area contributed by atoms with Gasteiger partial charge in [-0.2, -0.15) is 5.10 Å². The molecule has 0 saturated carbocycles. The van der Waals surface area contributed by atoms with Gasteiger partial charge in [0, 0.05) is 11.6 Å². The van der Waals surface area contributed by atoms with Crippen LogP contribution in [0.15, 0.2) is 59.4 Å². The second kappa shape index (κ2) is 8.14. The van der Waals surface area contributed by atoms with E-state index in [9.17, 15) is 14.3 Å². The van der Waals surface area contributed by atoms with Gasteiger partial charge in [-0.1, -0.05) is 17.7 Å². The average Bonchev–Trinajstić information content (AvgIpc) is 2.63. The van der Waals surface area contributed by atoms with E-state index in [1.807, 2.05) is 32.0 Å². The molecule has 5 nitrogen and oxygen atoms in total. The predicted octanol–water partition coefficient (Wildman–Crippen LogP) is 3.11. The Kier molecular flexibility index (Phi) is 5.66. The first-order valence-corrected chi connectivity index (χ1v) is 8.64. The summed E-state index contributed by atoms with van der Waals surface area (Å²) in [4.78, 5) is 12.0. The molecule has 0 bridgehead atoms. The van der Waals surface area contributed by atoms with Gasteiger partial charge in [-0.15, -0.1) is 0 Å². The number of aliphatic hydroxyl groups is 1. The number of nitrogens with zero attached hydrogens (tertiary/aromatic N) is 2. The van der Waals surface area contributed by atoms with Crippen LogP contribution < -0.4 is 10.3 Å². The maximum atomic E-state index is 13.1. The smallest absolute Gasteiger partial charge is 0.266 e. The molecule has 0 saturated heterocycles. The summed E-state index contributed by atoms with van der Waals surface area (Å²) >= 11 is 0. The second-order valence-corrected chi connectivity index (χ2v) is 6.48. The van der Waals surface area contributed by atoms with Crippen molar-refractivity contribution < 1.29 is 14.2 Å². The molecule has 1 unspecified atom stereocenters. The van der Waals surface area contributed by atoms with E-state index in [2.05, 4.69) is 5.10 Å². The summed E-state index contributed by atoms with van der Waals surface area (Å²) in [6.45, 7) is 3.97. The van der Waals surface area contributed by atoms with Crippen LogP contribution in [0.25, 0.3) is 11.3 Å². The Labute approximate surface area is 156 Å². The molecule has 0 aliphatic heterocycles. The molecular formula is C21H21FN2O3. The molecule has 0 aliphatic carbocycles. The number of hydrogen-bond acceptors (Lipinski definition) is 4. The standard InChI is InChI=1S/C21H21FN2O3/c1-14-3-9-20(15(2)11-14)27-13-18(25)12-24-21(26)10-8-19(23-24)16-4-6-17(22)7-5-16/h3-11,18,25H,12-13H2,1-2H3. The zero-order valence-corrected chi connectivity index (χ0v) is 15.2. The van der Waals surface area contributed by atoms with E-state index in [-0.39, 0.29) is 24.5 Å². The van der Waals surface area contributed by atoms with Gasteiger partial charge in [0.05, 0.1) is 12.2 Å². The molecule has 140 valence electrons. The van der Waals surface area contributed by atoms with Gasteiger partial charge in [0.1, 0.15) is 24.3 Å². The van der Waals surface area contributed by atoms with E-state index in [0.29, 0.717) is 17.0 Å². The molecule has 1 heterocycles. The maximum Gasteiger partial charge on any atom is 0.266 e. The minimum Gasteiger partial charge on any atom is -0.491 e. The van der Waals surface area contributed by atoms with Crippen molar-refractivity contribution in [2.75, 3.05) is 6.61 Å². The van der Waals surface area contributed by atoms with Crippen LogP contribution in [-0.4, -0.2) is 27.6 Å². The number of ether oxygens (including phenoxy) is 1. The van der Waals surface area contributed by atoms with Crippen molar-refractivity contribution in [1.82, 2.24) is 9.78 Å². The average molecular weight is 368 g/mol. The lowest BCUT2D eigenvalue weighted by Gasteiger charge is -2.15. The molecule has 27 heavy (non-hydrogen) atoms. The van der Waals surface area contributed by atoms with Crippen molar-refractivity contribution in [1.29, 1.82) is 0 Å². The lowest BCUT2D eigenvalue weighted by Crippen LogP contribution is -2.31. The number of rotatable bonds is 6. The highest BCUT2D eigenvalue weighted by molar-refractivity contribution is 5.57. The second-order valence-electron chi connectivity index (χ2n) is 6.48. The SMILES string of the molecule is Cc1ccc(OCC(O)Cn2nc(-c3ccc(F)cc3)ccc2=O)c(C)c1. The Hall–Kier alpha value is -2.99. The molecule has 0 radical (unpaired) electrons. The topological polar surface area (TPSA) is 64.3 Å². The van der Waals surface area contributed by atoms with Gasteiger partial charge in [-0.3, -0.25) is 4.79 Å². The third-order valence-electron chi connectivity index (χ3n) is 4.15. The van der Waals surface area contributed by atoms with Crippen molar-refractivity contribution in [3.63, 3.8) is 0 Å². The molecule has 1 aromatic heterocycles. The predicted molar refractivity (Wildman–Crippen MR) is 101 cm³/mol. The molecule has 3 rings (SSSR count). The Balaban J connectivity index is 1.69. The highest BCUT2D eigenvalue weighted by Crippen LogP contribution is 2.19. The number of aliphatic hydroxyl groups excluding tert-OH is 1. The van der Waals surface area contributed by atoms with Crippen LogP contribution in [0.1, 0.15) is 11.1 Å². The summed E-state index contributed by atoms with van der Waals surface area (Å²) in [5.41, 5.74) is 3.00. The summed E-state index contributed by atoms with van der Waals surface area (Å²) in [5, 5.41) is 14.5. The minimum absolute atomic E-state index is 0.00121. The summed E-state index contributed by atoms with van der Waals surface area (Å²) in [6, 6.07) is 14.6. The van der Waals surface area contributed by atoms with Crippen LogP contribution in [0, 0.1) is 19.7 Å². The first kappa shape index (κ1) is 18.8. The van der Waals surface area contributed by atoms with Gasteiger partial charge < -0.3 is 9.84 Å². The van der Waals surface area contributed by atoms with Crippen molar-refractivity contribution in [3.8, 4) is 17.0 Å². The molecule has 2 aromatic carbocycles. The normalized spacial score (nSPS) is 12.0. The molecule has 6 heteroatoms. The van der Waals surface area contributed by atoms with E-state index < -0.39 is 6.10 Å². The number of halogens is 1. The number of hydrogen-bond donors (Lipinski definition) is 1. The fraction of sp³-hybridized carbons (Fsp3) is 0.238. The highest BCUT2D eigenvalue weighted by Gasteiger charge is 2.11. The van der Waals surface area contributed by atoms with Gasteiger partial charge in [-0.05, 0) is 55.8 Å². The summed E-state index contributed by atoms with van der Waals surface area (Å²) in [7, 11) is 0. The quantitative estimate of drug-likeness (QED) is 0.726. The Morgan fingerprint density at radius 3 is 2.56 bits per heavy atom.